The van der Waals surface area contributed by atoms with E-state index >= 15 is 0 Å². The second-order valence-corrected chi connectivity index (χ2v) is 10.4. The Labute approximate surface area is 180 Å². The molecule has 1 aliphatic rings. The molecule has 2 heterocycles. The van der Waals surface area contributed by atoms with Gasteiger partial charge in [-0.3, -0.25) is 9.36 Å². The average Bonchev–Trinajstić information content (AvgIpc) is 3.35. The minimum atomic E-state index is -3.04. The minimum Gasteiger partial charge on any atom is -0.341 e. The number of para-hydroxylation sites is 1. The van der Waals surface area contributed by atoms with Gasteiger partial charge in [0.2, 0.25) is 5.91 Å². The summed E-state index contributed by atoms with van der Waals surface area (Å²) in [4.78, 5) is 14.2. The Morgan fingerprint density at radius 2 is 1.77 bits per heavy atom. The number of amides is 1. The summed E-state index contributed by atoms with van der Waals surface area (Å²) in [5, 5.41) is 9.31. The van der Waals surface area contributed by atoms with E-state index in [1.54, 1.807) is 11.9 Å². The molecule has 0 unspecified atom stereocenters. The van der Waals surface area contributed by atoms with E-state index in [1.165, 1.54) is 11.8 Å². The number of benzene rings is 2. The quantitative estimate of drug-likeness (QED) is 0.546. The molecule has 0 bridgehead atoms. The summed E-state index contributed by atoms with van der Waals surface area (Å²) in [6.45, 7) is 0. The van der Waals surface area contributed by atoms with Crippen molar-refractivity contribution in [1.82, 2.24) is 19.7 Å². The van der Waals surface area contributed by atoms with Crippen LogP contribution in [0.4, 0.5) is 0 Å². The zero-order valence-electron chi connectivity index (χ0n) is 16.5. The van der Waals surface area contributed by atoms with Crippen molar-refractivity contribution >= 4 is 27.5 Å². The first-order chi connectivity index (χ1) is 14.4. The molecule has 0 radical (unpaired) electrons. The number of hydrogen-bond acceptors (Lipinski definition) is 6. The van der Waals surface area contributed by atoms with E-state index in [0.29, 0.717) is 17.4 Å². The summed E-state index contributed by atoms with van der Waals surface area (Å²) < 4.78 is 25.4. The highest BCUT2D eigenvalue weighted by Crippen LogP contribution is 2.28. The minimum absolute atomic E-state index is 0.0399. The molecule has 1 atom stereocenters. The SMILES string of the molecule is CN(C(=O)CSc1nnc(-c2ccccc2)n1-c1ccccc1)[C@H]1CCS(=O)(=O)C1. The van der Waals surface area contributed by atoms with Crippen LogP contribution in [0, 0.1) is 0 Å². The molecular formula is C21H22N4O3S2. The summed E-state index contributed by atoms with van der Waals surface area (Å²) >= 11 is 1.30. The standard InChI is InChI=1S/C21H22N4O3S2/c1-24(18-12-13-30(27,28)15-18)19(26)14-29-21-23-22-20(16-8-4-2-5-9-16)25(21)17-10-6-3-7-11-17/h2-11,18H,12-15H2,1H3/t18-/m0/s1. The summed E-state index contributed by atoms with van der Waals surface area (Å²) in [7, 11) is -1.37. The Balaban J connectivity index is 1.56. The van der Waals surface area contributed by atoms with Crippen molar-refractivity contribution in [2.24, 2.45) is 0 Å². The Kier molecular flexibility index (Phi) is 5.92. The summed E-state index contributed by atoms with van der Waals surface area (Å²) in [5.74, 6) is 0.925. The topological polar surface area (TPSA) is 85.2 Å². The van der Waals surface area contributed by atoms with Gasteiger partial charge in [0, 0.05) is 24.3 Å². The zero-order chi connectivity index (χ0) is 21.1. The van der Waals surface area contributed by atoms with E-state index in [2.05, 4.69) is 10.2 Å². The van der Waals surface area contributed by atoms with E-state index in [-0.39, 0.29) is 29.2 Å². The van der Waals surface area contributed by atoms with Crippen LogP contribution in [-0.4, -0.2) is 64.3 Å². The highest BCUT2D eigenvalue weighted by Gasteiger charge is 2.32. The van der Waals surface area contributed by atoms with Crippen LogP contribution in [0.2, 0.25) is 0 Å². The number of carbonyl (C=O) groups is 1. The van der Waals surface area contributed by atoms with E-state index in [1.807, 2.05) is 65.2 Å². The molecular weight excluding hydrogens is 420 g/mol. The average molecular weight is 443 g/mol. The Morgan fingerprint density at radius 3 is 2.40 bits per heavy atom. The third kappa shape index (κ3) is 4.41. The summed E-state index contributed by atoms with van der Waals surface area (Å²) in [5.41, 5.74) is 1.84. The maximum atomic E-state index is 12.7. The third-order valence-electron chi connectivity index (χ3n) is 5.15. The van der Waals surface area contributed by atoms with Crippen LogP contribution in [0.1, 0.15) is 6.42 Å². The van der Waals surface area contributed by atoms with Crippen LogP contribution in [0.5, 0.6) is 0 Å². The number of rotatable bonds is 6. The lowest BCUT2D eigenvalue weighted by atomic mass is 10.2. The molecule has 30 heavy (non-hydrogen) atoms. The van der Waals surface area contributed by atoms with Gasteiger partial charge in [-0.25, -0.2) is 8.42 Å². The van der Waals surface area contributed by atoms with Crippen molar-refractivity contribution in [1.29, 1.82) is 0 Å². The maximum absolute atomic E-state index is 12.7. The van der Waals surface area contributed by atoms with Gasteiger partial charge in [0.05, 0.1) is 17.3 Å². The molecule has 1 aliphatic heterocycles. The largest absolute Gasteiger partial charge is 0.341 e. The van der Waals surface area contributed by atoms with Crippen molar-refractivity contribution in [3.63, 3.8) is 0 Å². The fourth-order valence-corrected chi connectivity index (χ4v) is 6.11. The number of aromatic nitrogens is 3. The smallest absolute Gasteiger partial charge is 0.233 e. The van der Waals surface area contributed by atoms with E-state index in [9.17, 15) is 13.2 Å². The second-order valence-electron chi connectivity index (χ2n) is 7.19. The molecule has 7 nitrogen and oxygen atoms in total. The molecule has 0 aliphatic carbocycles. The van der Waals surface area contributed by atoms with Crippen molar-refractivity contribution in [2.45, 2.75) is 17.6 Å². The maximum Gasteiger partial charge on any atom is 0.233 e. The first-order valence-corrected chi connectivity index (χ1v) is 12.4. The Morgan fingerprint density at radius 1 is 1.10 bits per heavy atom. The van der Waals surface area contributed by atoms with Gasteiger partial charge in [0.15, 0.2) is 20.8 Å². The lowest BCUT2D eigenvalue weighted by molar-refractivity contribution is -0.128. The van der Waals surface area contributed by atoms with E-state index in [0.717, 1.165) is 11.3 Å². The predicted octanol–water partition coefficient (Wildman–Crippen LogP) is 2.67. The number of sulfone groups is 1. The fraction of sp³-hybridized carbons (Fsp3) is 0.286. The molecule has 1 fully saturated rings. The molecule has 1 amide bonds. The van der Waals surface area contributed by atoms with Crippen LogP contribution in [0.25, 0.3) is 17.1 Å². The Bertz CT molecular complexity index is 1130. The lowest BCUT2D eigenvalue weighted by Crippen LogP contribution is -2.38. The van der Waals surface area contributed by atoms with Gasteiger partial charge in [-0.2, -0.15) is 0 Å². The fourth-order valence-electron chi connectivity index (χ4n) is 3.46. The molecule has 0 N–H and O–H groups in total. The molecule has 3 aromatic rings. The van der Waals surface area contributed by atoms with E-state index in [4.69, 9.17) is 0 Å². The number of hydrogen-bond donors (Lipinski definition) is 0. The van der Waals surface area contributed by atoms with Gasteiger partial charge >= 0.3 is 0 Å². The molecule has 1 saturated heterocycles. The van der Waals surface area contributed by atoms with Crippen molar-refractivity contribution in [2.75, 3.05) is 24.3 Å². The van der Waals surface area contributed by atoms with Crippen molar-refractivity contribution in [3.8, 4) is 17.1 Å². The molecule has 4 rings (SSSR count). The van der Waals surface area contributed by atoms with Gasteiger partial charge < -0.3 is 4.90 Å². The van der Waals surface area contributed by atoms with Crippen LogP contribution >= 0.6 is 11.8 Å². The first-order valence-electron chi connectivity index (χ1n) is 9.60. The molecule has 1 aromatic heterocycles. The van der Waals surface area contributed by atoms with Gasteiger partial charge in [0.1, 0.15) is 0 Å². The molecule has 0 saturated carbocycles. The zero-order valence-corrected chi connectivity index (χ0v) is 18.1. The van der Waals surface area contributed by atoms with E-state index < -0.39 is 9.84 Å². The van der Waals surface area contributed by atoms with Crippen LogP contribution in [0.3, 0.4) is 0 Å². The second kappa shape index (κ2) is 8.61. The lowest BCUT2D eigenvalue weighted by Gasteiger charge is -2.23. The highest BCUT2D eigenvalue weighted by molar-refractivity contribution is 7.99. The number of nitrogens with zero attached hydrogens (tertiary/aromatic N) is 4. The van der Waals surface area contributed by atoms with Crippen LogP contribution < -0.4 is 0 Å². The van der Waals surface area contributed by atoms with Gasteiger partial charge in [0.25, 0.3) is 0 Å². The van der Waals surface area contributed by atoms with Crippen molar-refractivity contribution < 1.29 is 13.2 Å². The highest BCUT2D eigenvalue weighted by atomic mass is 32.2. The number of thioether (sulfide) groups is 1. The normalized spacial score (nSPS) is 17.7. The van der Waals surface area contributed by atoms with Crippen molar-refractivity contribution in [3.05, 3.63) is 60.7 Å². The predicted molar refractivity (Wildman–Crippen MR) is 117 cm³/mol. The van der Waals surface area contributed by atoms with Crippen LogP contribution in [0.15, 0.2) is 65.8 Å². The molecule has 9 heteroatoms. The summed E-state index contributed by atoms with van der Waals surface area (Å²) in [6.07, 6.45) is 0.494. The number of carbonyl (C=O) groups excluding carboxylic acids is 1. The third-order valence-corrected chi connectivity index (χ3v) is 7.82. The summed E-state index contributed by atoms with van der Waals surface area (Å²) in [6, 6.07) is 19.3. The van der Waals surface area contributed by atoms with Gasteiger partial charge in [-0.15, -0.1) is 10.2 Å². The molecule has 156 valence electrons. The monoisotopic (exact) mass is 442 g/mol. The van der Waals surface area contributed by atoms with Gasteiger partial charge in [-0.1, -0.05) is 60.3 Å². The first kappa shape index (κ1) is 20.6. The molecule has 0 spiro atoms. The van der Waals surface area contributed by atoms with Crippen LogP contribution in [-0.2, 0) is 14.6 Å². The van der Waals surface area contributed by atoms with Gasteiger partial charge in [-0.05, 0) is 18.6 Å². The Hall–Kier alpha value is -2.65. The molecule has 2 aromatic carbocycles.